The van der Waals surface area contributed by atoms with Crippen LogP contribution in [0.1, 0.15) is 12.5 Å². The molecule has 0 saturated carbocycles. The fourth-order valence-corrected chi connectivity index (χ4v) is 3.00. The van der Waals surface area contributed by atoms with Crippen LogP contribution in [0, 0.1) is 0 Å². The maximum absolute atomic E-state index is 12.8. The Morgan fingerprint density at radius 2 is 2.38 bits per heavy atom. The Kier molecular flexibility index (Phi) is 5.90. The lowest BCUT2D eigenvalue weighted by Crippen LogP contribution is -2.52. The Hall–Kier alpha value is -2.38. The molecule has 3 rings (SSSR count). The van der Waals surface area contributed by atoms with Crippen molar-refractivity contribution in [3.63, 3.8) is 0 Å². The van der Waals surface area contributed by atoms with Crippen molar-refractivity contribution in [2.24, 2.45) is 5.73 Å². The monoisotopic (exact) mass is 361 g/mol. The summed E-state index contributed by atoms with van der Waals surface area (Å²) in [4.78, 5) is 14.6. The first kappa shape index (κ1) is 18.4. The highest BCUT2D eigenvalue weighted by molar-refractivity contribution is 5.91. The molecule has 1 saturated heterocycles. The number of carbonyl (C=O) groups excluding carboxylic acids is 1. The molecule has 1 amide bonds. The molecule has 2 heterocycles. The average Bonchev–Trinajstić information content (AvgIpc) is 2.68. The molecule has 7 heteroatoms. The molecule has 3 N–H and O–H groups in total. The van der Waals surface area contributed by atoms with Crippen LogP contribution >= 0.6 is 0 Å². The number of carbonyl (C=O) groups is 1. The first-order valence-corrected chi connectivity index (χ1v) is 8.70. The lowest BCUT2D eigenvalue weighted by Gasteiger charge is -2.36. The maximum atomic E-state index is 12.8. The van der Waals surface area contributed by atoms with Crippen molar-refractivity contribution in [2.45, 2.75) is 19.0 Å². The van der Waals surface area contributed by atoms with E-state index in [1.54, 1.807) is 6.07 Å². The van der Waals surface area contributed by atoms with Gasteiger partial charge in [-0.25, -0.2) is 4.39 Å². The molecule has 0 radical (unpaired) electrons. The zero-order valence-corrected chi connectivity index (χ0v) is 14.8. The first-order valence-electron chi connectivity index (χ1n) is 8.70. The van der Waals surface area contributed by atoms with E-state index in [0.29, 0.717) is 37.4 Å². The van der Waals surface area contributed by atoms with Crippen LogP contribution in [0.25, 0.3) is 6.08 Å². The number of hydrogen-bond acceptors (Lipinski definition) is 5. The van der Waals surface area contributed by atoms with Gasteiger partial charge in [0.25, 0.3) is 0 Å². The minimum atomic E-state index is -0.395. The molecule has 1 fully saturated rings. The average molecular weight is 361 g/mol. The van der Waals surface area contributed by atoms with Crippen LogP contribution in [0.5, 0.6) is 5.75 Å². The highest BCUT2D eigenvalue weighted by atomic mass is 19.1. The number of ether oxygens (including phenoxy) is 2. The van der Waals surface area contributed by atoms with Crippen molar-refractivity contribution in [3.8, 4) is 5.75 Å². The predicted octanol–water partition coefficient (Wildman–Crippen LogP) is 1.93. The molecule has 140 valence electrons. The van der Waals surface area contributed by atoms with Crippen LogP contribution in [0.3, 0.4) is 0 Å². The number of benzene rings is 1. The highest BCUT2D eigenvalue weighted by Gasteiger charge is 2.30. The third-order valence-electron chi connectivity index (χ3n) is 4.56. The summed E-state index contributed by atoms with van der Waals surface area (Å²) in [7, 11) is 0. The van der Waals surface area contributed by atoms with E-state index in [1.807, 2.05) is 36.1 Å². The SMILES string of the molecule is C[C@H]1COCCN1C(=O)C1C=Cc2cc(OC/C(=C/F)CN)ccc2N1. The number of nitrogens with two attached hydrogens (primary N) is 1. The fourth-order valence-electron chi connectivity index (χ4n) is 3.00. The van der Waals surface area contributed by atoms with Gasteiger partial charge in [0.2, 0.25) is 5.91 Å². The van der Waals surface area contributed by atoms with Gasteiger partial charge in [0.15, 0.2) is 0 Å². The van der Waals surface area contributed by atoms with E-state index < -0.39 is 6.04 Å². The molecule has 2 aliphatic rings. The number of morpholine rings is 1. The number of rotatable bonds is 5. The van der Waals surface area contributed by atoms with E-state index >= 15 is 0 Å². The van der Waals surface area contributed by atoms with E-state index in [2.05, 4.69) is 5.32 Å². The maximum Gasteiger partial charge on any atom is 0.249 e. The zero-order chi connectivity index (χ0) is 18.5. The second-order valence-corrected chi connectivity index (χ2v) is 6.45. The summed E-state index contributed by atoms with van der Waals surface area (Å²) < 4.78 is 23.5. The van der Waals surface area contributed by atoms with Gasteiger partial charge in [-0.05, 0) is 25.1 Å². The van der Waals surface area contributed by atoms with Crippen molar-refractivity contribution in [1.82, 2.24) is 4.90 Å². The summed E-state index contributed by atoms with van der Waals surface area (Å²) in [5.41, 5.74) is 7.59. The number of anilines is 1. The van der Waals surface area contributed by atoms with Gasteiger partial charge in [-0.1, -0.05) is 12.2 Å². The van der Waals surface area contributed by atoms with Gasteiger partial charge in [-0.2, -0.15) is 0 Å². The summed E-state index contributed by atoms with van der Waals surface area (Å²) in [6.45, 7) is 3.96. The Bertz CT molecular complexity index is 720. The fraction of sp³-hybridized carbons (Fsp3) is 0.421. The number of amides is 1. The normalized spacial score (nSPS) is 22.6. The summed E-state index contributed by atoms with van der Waals surface area (Å²) in [5.74, 6) is 0.665. The van der Waals surface area contributed by atoms with Crippen LogP contribution in [0.4, 0.5) is 10.1 Å². The van der Waals surface area contributed by atoms with Crippen molar-refractivity contribution in [1.29, 1.82) is 0 Å². The van der Waals surface area contributed by atoms with Crippen LogP contribution in [-0.2, 0) is 9.53 Å². The Morgan fingerprint density at radius 1 is 1.54 bits per heavy atom. The van der Waals surface area contributed by atoms with E-state index in [9.17, 15) is 9.18 Å². The van der Waals surface area contributed by atoms with Gasteiger partial charge in [0, 0.05) is 29.9 Å². The summed E-state index contributed by atoms with van der Waals surface area (Å²) in [6.07, 6.45) is 4.23. The molecule has 0 spiro atoms. The number of hydrogen-bond donors (Lipinski definition) is 2. The lowest BCUT2D eigenvalue weighted by molar-refractivity contribution is -0.138. The lowest BCUT2D eigenvalue weighted by atomic mass is 10.0. The molecule has 1 unspecified atom stereocenters. The number of nitrogens with one attached hydrogen (secondary N) is 1. The van der Waals surface area contributed by atoms with E-state index in [0.717, 1.165) is 11.3 Å². The van der Waals surface area contributed by atoms with Gasteiger partial charge in [0.1, 0.15) is 18.4 Å². The van der Waals surface area contributed by atoms with Crippen molar-refractivity contribution in [3.05, 3.63) is 41.7 Å². The van der Waals surface area contributed by atoms with Gasteiger partial charge >= 0.3 is 0 Å². The topological polar surface area (TPSA) is 76.8 Å². The van der Waals surface area contributed by atoms with Crippen molar-refractivity contribution < 1.29 is 18.7 Å². The van der Waals surface area contributed by atoms with Crippen LogP contribution < -0.4 is 15.8 Å². The summed E-state index contributed by atoms with van der Waals surface area (Å²) in [5, 5.41) is 3.26. The second-order valence-electron chi connectivity index (χ2n) is 6.45. The summed E-state index contributed by atoms with van der Waals surface area (Å²) >= 11 is 0. The zero-order valence-electron chi connectivity index (χ0n) is 14.8. The van der Waals surface area contributed by atoms with Crippen molar-refractivity contribution >= 4 is 17.7 Å². The molecular weight excluding hydrogens is 337 g/mol. The molecule has 2 aliphatic heterocycles. The van der Waals surface area contributed by atoms with Crippen LogP contribution in [-0.4, -0.2) is 55.8 Å². The minimum absolute atomic E-state index is 0.0451. The molecular formula is C19H24FN3O3. The Balaban J connectivity index is 1.66. The molecule has 0 bridgehead atoms. The van der Waals surface area contributed by atoms with E-state index in [4.69, 9.17) is 15.2 Å². The number of fused-ring (bicyclic) bond motifs is 1. The minimum Gasteiger partial charge on any atom is -0.489 e. The molecule has 2 atom stereocenters. The van der Waals surface area contributed by atoms with Gasteiger partial charge in [-0.15, -0.1) is 0 Å². The number of nitrogens with zero attached hydrogens (tertiary/aromatic N) is 1. The van der Waals surface area contributed by atoms with Gasteiger partial charge in [0.05, 0.1) is 25.6 Å². The molecule has 26 heavy (non-hydrogen) atoms. The Morgan fingerprint density at radius 3 is 3.12 bits per heavy atom. The summed E-state index contributed by atoms with van der Waals surface area (Å²) in [6, 6.07) is 5.18. The largest absolute Gasteiger partial charge is 0.489 e. The quantitative estimate of drug-likeness (QED) is 0.838. The van der Waals surface area contributed by atoms with E-state index in [-0.39, 0.29) is 25.1 Å². The predicted molar refractivity (Wildman–Crippen MR) is 98.6 cm³/mol. The Labute approximate surface area is 152 Å². The van der Waals surface area contributed by atoms with Gasteiger partial charge < -0.3 is 25.4 Å². The van der Waals surface area contributed by atoms with Gasteiger partial charge in [-0.3, -0.25) is 4.79 Å². The first-order chi connectivity index (χ1) is 12.6. The van der Waals surface area contributed by atoms with Crippen LogP contribution in [0.15, 0.2) is 36.2 Å². The molecule has 1 aromatic rings. The number of halogens is 1. The second kappa shape index (κ2) is 8.33. The van der Waals surface area contributed by atoms with Crippen LogP contribution in [0.2, 0.25) is 0 Å². The van der Waals surface area contributed by atoms with E-state index in [1.165, 1.54) is 0 Å². The molecule has 6 nitrogen and oxygen atoms in total. The molecule has 0 aromatic heterocycles. The third-order valence-corrected chi connectivity index (χ3v) is 4.56. The smallest absolute Gasteiger partial charge is 0.249 e. The molecule has 1 aromatic carbocycles. The highest BCUT2D eigenvalue weighted by Crippen LogP contribution is 2.28. The third kappa shape index (κ3) is 4.05. The molecule has 0 aliphatic carbocycles. The standard InChI is InChI=1S/C19H24FN3O3/c1-13-11-25-7-6-23(13)19(24)18-4-2-15-8-16(3-5-17(15)22-18)26-12-14(9-20)10-21/h2-5,8-9,13,18,22H,6-7,10-12,21H2,1H3/b14-9+/t13-,18?/m0/s1. The van der Waals surface area contributed by atoms with Crippen molar-refractivity contribution in [2.75, 3.05) is 38.2 Å².